The zero-order valence-electron chi connectivity index (χ0n) is 15.6. The van der Waals surface area contributed by atoms with Gasteiger partial charge in [0.25, 0.3) is 0 Å². The first-order valence-electron chi connectivity index (χ1n) is 8.02. The molecule has 0 aliphatic carbocycles. The summed E-state index contributed by atoms with van der Waals surface area (Å²) in [4.78, 5) is 0. The van der Waals surface area contributed by atoms with Crippen LogP contribution in [0.4, 0.5) is 0 Å². The van der Waals surface area contributed by atoms with Gasteiger partial charge in [0.1, 0.15) is 25.6 Å². The average molecular weight is 336 g/mol. The lowest BCUT2D eigenvalue weighted by Crippen LogP contribution is -2.03. The largest absolute Gasteiger partial charge is 0.480 e. The van der Waals surface area contributed by atoms with Crippen molar-refractivity contribution in [1.82, 2.24) is 0 Å². The van der Waals surface area contributed by atoms with E-state index in [9.17, 15) is 0 Å². The second-order valence-electron chi connectivity index (χ2n) is 5.20. The van der Waals surface area contributed by atoms with Crippen LogP contribution in [0.3, 0.4) is 0 Å². The van der Waals surface area contributed by atoms with Crippen molar-refractivity contribution in [2.45, 2.75) is 34.6 Å². The Labute approximate surface area is 151 Å². The monoisotopic (exact) mass is 336 g/mol. The van der Waals surface area contributed by atoms with Gasteiger partial charge in [0, 0.05) is 11.6 Å². The average Bonchev–Trinajstić information content (AvgIpc) is 2.57. The Bertz CT molecular complexity index is 780. The predicted octanol–water partition coefficient (Wildman–Crippen LogP) is 4.32. The first kappa shape index (κ1) is 20.1. The van der Waals surface area contributed by atoms with Gasteiger partial charge in [-0.2, -0.15) is 0 Å². The van der Waals surface area contributed by atoms with Gasteiger partial charge in [-0.05, 0) is 40.7 Å². The minimum absolute atomic E-state index is 0.280. The van der Waals surface area contributed by atoms with E-state index in [0.717, 1.165) is 11.1 Å². The summed E-state index contributed by atoms with van der Waals surface area (Å²) < 4.78 is 17.3. The van der Waals surface area contributed by atoms with Crippen molar-refractivity contribution < 1.29 is 14.2 Å². The van der Waals surface area contributed by atoms with Crippen LogP contribution < -0.4 is 14.2 Å². The Morgan fingerprint density at radius 1 is 0.760 bits per heavy atom. The standard InChI is InChI=1S/C22H24O3/c1-6-9-12-23-20-17-22(25-14-11-8-3)21(24-13-10-7-2)16-19(20)15-18(4)5/h15-17H,12-14H2,1-5H3. The Morgan fingerprint density at radius 2 is 1.20 bits per heavy atom. The van der Waals surface area contributed by atoms with Crippen molar-refractivity contribution in [3.05, 3.63) is 23.3 Å². The number of benzene rings is 1. The van der Waals surface area contributed by atoms with Crippen molar-refractivity contribution in [2.75, 3.05) is 19.8 Å². The van der Waals surface area contributed by atoms with Crippen LogP contribution in [0.1, 0.15) is 40.2 Å². The maximum atomic E-state index is 5.79. The van der Waals surface area contributed by atoms with Crippen molar-refractivity contribution in [2.24, 2.45) is 0 Å². The lowest BCUT2D eigenvalue weighted by Gasteiger charge is -2.15. The van der Waals surface area contributed by atoms with Gasteiger partial charge in [-0.1, -0.05) is 29.4 Å². The van der Waals surface area contributed by atoms with E-state index in [1.165, 1.54) is 0 Å². The van der Waals surface area contributed by atoms with Crippen LogP contribution in [-0.4, -0.2) is 19.8 Å². The van der Waals surface area contributed by atoms with E-state index in [0.29, 0.717) is 30.5 Å². The quantitative estimate of drug-likeness (QED) is 0.694. The predicted molar refractivity (Wildman–Crippen MR) is 103 cm³/mol. The van der Waals surface area contributed by atoms with Crippen LogP contribution in [0.25, 0.3) is 6.08 Å². The molecule has 0 bridgehead atoms. The van der Waals surface area contributed by atoms with E-state index < -0.39 is 0 Å². The molecule has 3 nitrogen and oxygen atoms in total. The fourth-order valence-electron chi connectivity index (χ4n) is 1.89. The van der Waals surface area contributed by atoms with Gasteiger partial charge in [0.05, 0.1) is 0 Å². The number of hydrogen-bond acceptors (Lipinski definition) is 3. The van der Waals surface area contributed by atoms with Crippen LogP contribution >= 0.6 is 0 Å². The fraction of sp³-hybridized carbons (Fsp3) is 0.364. The third kappa shape index (κ3) is 7.43. The summed E-state index contributed by atoms with van der Waals surface area (Å²) in [5.41, 5.74) is 2.06. The van der Waals surface area contributed by atoms with E-state index >= 15 is 0 Å². The van der Waals surface area contributed by atoms with Crippen LogP contribution in [0, 0.1) is 35.5 Å². The van der Waals surface area contributed by atoms with Gasteiger partial charge < -0.3 is 14.2 Å². The summed E-state index contributed by atoms with van der Waals surface area (Å²) in [5, 5.41) is 0. The second kappa shape index (κ2) is 11.6. The molecule has 3 heteroatoms. The molecule has 0 aromatic heterocycles. The van der Waals surface area contributed by atoms with Gasteiger partial charge in [0.15, 0.2) is 11.5 Å². The Morgan fingerprint density at radius 3 is 1.64 bits per heavy atom. The molecule has 0 saturated heterocycles. The van der Waals surface area contributed by atoms with Gasteiger partial charge in [0.2, 0.25) is 0 Å². The van der Waals surface area contributed by atoms with Crippen molar-refractivity contribution in [1.29, 1.82) is 0 Å². The Kier molecular flexibility index (Phi) is 9.28. The molecule has 0 unspecified atom stereocenters. The van der Waals surface area contributed by atoms with Gasteiger partial charge in [-0.15, -0.1) is 17.8 Å². The normalized spacial score (nSPS) is 8.52. The minimum atomic E-state index is 0.280. The van der Waals surface area contributed by atoms with Gasteiger partial charge in [-0.3, -0.25) is 0 Å². The smallest absolute Gasteiger partial charge is 0.166 e. The van der Waals surface area contributed by atoms with Crippen LogP contribution in [0.15, 0.2) is 17.7 Å². The number of rotatable bonds is 7. The molecule has 0 spiro atoms. The van der Waals surface area contributed by atoms with E-state index in [1.54, 1.807) is 20.8 Å². The highest BCUT2D eigenvalue weighted by molar-refractivity contribution is 5.65. The van der Waals surface area contributed by atoms with Gasteiger partial charge in [-0.25, -0.2) is 0 Å². The molecule has 0 aliphatic heterocycles. The first-order chi connectivity index (χ1) is 12.1. The van der Waals surface area contributed by atoms with Crippen molar-refractivity contribution in [3.63, 3.8) is 0 Å². The molecular weight excluding hydrogens is 312 g/mol. The van der Waals surface area contributed by atoms with Crippen LogP contribution in [-0.2, 0) is 0 Å². The third-order valence-corrected chi connectivity index (χ3v) is 2.95. The highest BCUT2D eigenvalue weighted by Gasteiger charge is 2.12. The molecule has 1 aromatic rings. The number of hydrogen-bond donors (Lipinski definition) is 0. The molecule has 0 atom stereocenters. The van der Waals surface area contributed by atoms with Crippen LogP contribution in [0.5, 0.6) is 17.2 Å². The van der Waals surface area contributed by atoms with E-state index in [4.69, 9.17) is 14.2 Å². The zero-order chi connectivity index (χ0) is 18.5. The van der Waals surface area contributed by atoms with E-state index in [-0.39, 0.29) is 6.61 Å². The molecule has 0 heterocycles. The maximum absolute atomic E-state index is 5.79. The fourth-order valence-corrected chi connectivity index (χ4v) is 1.89. The summed E-state index contributed by atoms with van der Waals surface area (Å²) in [6, 6.07) is 3.71. The minimum Gasteiger partial charge on any atom is -0.480 e. The molecule has 25 heavy (non-hydrogen) atoms. The van der Waals surface area contributed by atoms with Crippen molar-refractivity contribution >= 4 is 6.08 Å². The molecular formula is C22H24O3. The van der Waals surface area contributed by atoms with Crippen LogP contribution in [0.2, 0.25) is 0 Å². The lowest BCUT2D eigenvalue weighted by atomic mass is 10.1. The summed E-state index contributed by atoms with van der Waals surface area (Å²) in [7, 11) is 0. The summed E-state index contributed by atoms with van der Waals surface area (Å²) in [6.07, 6.45) is 2.03. The summed E-state index contributed by atoms with van der Waals surface area (Å²) >= 11 is 0. The summed E-state index contributed by atoms with van der Waals surface area (Å²) in [5.74, 6) is 19.0. The first-order valence-corrected chi connectivity index (χ1v) is 8.02. The third-order valence-electron chi connectivity index (χ3n) is 2.95. The zero-order valence-corrected chi connectivity index (χ0v) is 15.6. The number of allylic oxidation sites excluding steroid dienone is 1. The number of ether oxygens (including phenoxy) is 3. The molecule has 130 valence electrons. The molecule has 1 rings (SSSR count). The Hall–Kier alpha value is -2.96. The molecule has 1 aromatic carbocycles. The van der Waals surface area contributed by atoms with E-state index in [2.05, 4.69) is 35.5 Å². The van der Waals surface area contributed by atoms with Gasteiger partial charge >= 0.3 is 0 Å². The molecule has 0 radical (unpaired) electrons. The SMILES string of the molecule is CC#CCOc1cc(OCC#CC)c(OCC#CC)cc1C=C(C)C. The molecule has 0 N–H and O–H groups in total. The molecule has 0 amide bonds. The molecule has 0 saturated carbocycles. The molecule has 0 fully saturated rings. The second-order valence-corrected chi connectivity index (χ2v) is 5.20. The van der Waals surface area contributed by atoms with E-state index in [1.807, 2.05) is 32.1 Å². The highest BCUT2D eigenvalue weighted by Crippen LogP contribution is 2.36. The Balaban J connectivity index is 3.27. The van der Waals surface area contributed by atoms with Crippen molar-refractivity contribution in [3.8, 4) is 52.8 Å². The maximum Gasteiger partial charge on any atom is 0.166 e. The molecule has 0 aliphatic rings. The lowest BCUT2D eigenvalue weighted by molar-refractivity contribution is 0.309. The summed E-state index contributed by atoms with van der Waals surface area (Å²) in [6.45, 7) is 10.3. The topological polar surface area (TPSA) is 27.7 Å². The highest BCUT2D eigenvalue weighted by atomic mass is 16.5.